The first-order chi connectivity index (χ1) is 9.96. The molecule has 0 spiro atoms. The number of nitro groups is 1. The molecule has 1 atom stereocenters. The molecule has 0 saturated heterocycles. The Morgan fingerprint density at radius 1 is 1.57 bits per heavy atom. The lowest BCUT2D eigenvalue weighted by Crippen LogP contribution is -2.32. The fraction of sp³-hybridized carbons (Fsp3) is 0.214. The molecular weight excluding hydrogens is 276 g/mol. The zero-order valence-electron chi connectivity index (χ0n) is 11.2. The molecule has 0 aliphatic carbocycles. The van der Waals surface area contributed by atoms with Crippen molar-refractivity contribution in [3.8, 4) is 6.07 Å². The molecule has 108 valence electrons. The Kier molecular flexibility index (Phi) is 5.46. The standard InChI is InChI=1S/C14H12N2O5/c1-3-12(17)14(21-4-2)13(18)10-6-5-9(8-15)7-11(10)16(19)20/h3,5-7,14H,1,4H2,2H3. The number of carbonyl (C=O) groups excluding carboxylic acids is 2. The van der Waals surface area contributed by atoms with Gasteiger partial charge in [-0.1, -0.05) is 6.58 Å². The molecule has 1 unspecified atom stereocenters. The van der Waals surface area contributed by atoms with Gasteiger partial charge in [0.05, 0.1) is 22.1 Å². The topological polar surface area (TPSA) is 110 Å². The zero-order chi connectivity index (χ0) is 16.0. The van der Waals surface area contributed by atoms with Gasteiger partial charge in [-0.15, -0.1) is 0 Å². The van der Waals surface area contributed by atoms with Crippen molar-refractivity contribution in [3.05, 3.63) is 52.1 Å². The second-order valence-electron chi connectivity index (χ2n) is 3.91. The summed E-state index contributed by atoms with van der Waals surface area (Å²) >= 11 is 0. The quantitative estimate of drug-likeness (QED) is 0.249. The molecule has 1 rings (SSSR count). The molecule has 7 nitrogen and oxygen atoms in total. The fourth-order valence-corrected chi connectivity index (χ4v) is 1.66. The van der Waals surface area contributed by atoms with Gasteiger partial charge in [0.2, 0.25) is 5.78 Å². The molecule has 7 heteroatoms. The summed E-state index contributed by atoms with van der Waals surface area (Å²) in [5, 5.41) is 19.8. The Hall–Kier alpha value is -2.85. The summed E-state index contributed by atoms with van der Waals surface area (Å²) in [6.07, 6.45) is -0.549. The first-order valence-corrected chi connectivity index (χ1v) is 5.96. The predicted octanol–water partition coefficient (Wildman–Crippen LogP) is 1.81. The highest BCUT2D eigenvalue weighted by atomic mass is 16.6. The van der Waals surface area contributed by atoms with E-state index in [9.17, 15) is 19.7 Å². The summed E-state index contributed by atoms with van der Waals surface area (Å²) in [5.41, 5.74) is -0.783. The van der Waals surface area contributed by atoms with Crippen LogP contribution in [0.15, 0.2) is 30.9 Å². The number of nitriles is 1. The molecule has 1 aromatic carbocycles. The van der Waals surface area contributed by atoms with Crippen molar-refractivity contribution in [2.24, 2.45) is 0 Å². The van der Waals surface area contributed by atoms with Gasteiger partial charge in [0.1, 0.15) is 0 Å². The van der Waals surface area contributed by atoms with Gasteiger partial charge in [-0.25, -0.2) is 0 Å². The summed E-state index contributed by atoms with van der Waals surface area (Å²) in [4.78, 5) is 34.1. The van der Waals surface area contributed by atoms with Gasteiger partial charge >= 0.3 is 0 Å². The van der Waals surface area contributed by atoms with Crippen molar-refractivity contribution in [2.75, 3.05) is 6.61 Å². The van der Waals surface area contributed by atoms with Crippen molar-refractivity contribution >= 4 is 17.3 Å². The number of Topliss-reactive ketones (excluding diaryl/α,β-unsaturated/α-hetero) is 1. The van der Waals surface area contributed by atoms with Crippen molar-refractivity contribution in [3.63, 3.8) is 0 Å². The fourth-order valence-electron chi connectivity index (χ4n) is 1.66. The molecule has 1 aromatic rings. The average Bonchev–Trinajstić information content (AvgIpc) is 2.50. The zero-order valence-corrected chi connectivity index (χ0v) is 11.2. The maximum atomic E-state index is 12.3. The maximum absolute atomic E-state index is 12.3. The third-order valence-corrected chi connectivity index (χ3v) is 2.62. The molecule has 0 saturated carbocycles. The van der Waals surface area contributed by atoms with E-state index in [0.717, 1.165) is 18.2 Å². The van der Waals surface area contributed by atoms with Crippen LogP contribution >= 0.6 is 0 Å². The van der Waals surface area contributed by atoms with Crippen LogP contribution in [0.1, 0.15) is 22.8 Å². The molecule has 0 bridgehead atoms. The monoisotopic (exact) mass is 288 g/mol. The maximum Gasteiger partial charge on any atom is 0.281 e. The van der Waals surface area contributed by atoms with Crippen LogP contribution in [0.3, 0.4) is 0 Å². The van der Waals surface area contributed by atoms with E-state index in [1.54, 1.807) is 13.0 Å². The second kappa shape index (κ2) is 7.07. The highest BCUT2D eigenvalue weighted by molar-refractivity contribution is 6.17. The van der Waals surface area contributed by atoms with Crippen molar-refractivity contribution < 1.29 is 19.2 Å². The van der Waals surface area contributed by atoms with E-state index in [1.807, 2.05) is 0 Å². The Morgan fingerprint density at radius 2 is 2.24 bits per heavy atom. The second-order valence-corrected chi connectivity index (χ2v) is 3.91. The number of ketones is 2. The molecular formula is C14H12N2O5. The molecule has 0 aliphatic rings. The summed E-state index contributed by atoms with van der Waals surface area (Å²) in [7, 11) is 0. The largest absolute Gasteiger partial charge is 0.362 e. The molecule has 21 heavy (non-hydrogen) atoms. The van der Waals surface area contributed by atoms with Gasteiger partial charge in [-0.3, -0.25) is 19.7 Å². The smallest absolute Gasteiger partial charge is 0.281 e. The van der Waals surface area contributed by atoms with E-state index in [-0.39, 0.29) is 17.7 Å². The van der Waals surface area contributed by atoms with E-state index in [2.05, 4.69) is 6.58 Å². The van der Waals surface area contributed by atoms with Crippen LogP contribution in [-0.4, -0.2) is 29.2 Å². The molecule has 0 fully saturated rings. The number of hydrogen-bond donors (Lipinski definition) is 0. The average molecular weight is 288 g/mol. The number of nitro benzene ring substituents is 1. The van der Waals surface area contributed by atoms with E-state index < -0.39 is 28.3 Å². The summed E-state index contributed by atoms with van der Waals surface area (Å²) in [6, 6.07) is 5.13. The van der Waals surface area contributed by atoms with Gasteiger partial charge in [0.25, 0.3) is 5.69 Å². The minimum atomic E-state index is -1.47. The van der Waals surface area contributed by atoms with Crippen LogP contribution in [-0.2, 0) is 9.53 Å². The predicted molar refractivity (Wildman–Crippen MR) is 72.8 cm³/mol. The molecule has 0 amide bonds. The van der Waals surface area contributed by atoms with Crippen LogP contribution in [0.5, 0.6) is 0 Å². The third-order valence-electron chi connectivity index (χ3n) is 2.62. The van der Waals surface area contributed by atoms with Crippen LogP contribution in [0.2, 0.25) is 0 Å². The number of carbonyl (C=O) groups is 2. The van der Waals surface area contributed by atoms with Gasteiger partial charge in [0.15, 0.2) is 11.9 Å². The van der Waals surface area contributed by atoms with E-state index >= 15 is 0 Å². The Balaban J connectivity index is 3.34. The summed E-state index contributed by atoms with van der Waals surface area (Å²) < 4.78 is 5.04. The van der Waals surface area contributed by atoms with Gasteiger partial charge in [-0.05, 0) is 25.1 Å². The lowest BCUT2D eigenvalue weighted by Gasteiger charge is -2.13. The minimum absolute atomic E-state index is 0.0428. The van der Waals surface area contributed by atoms with Crippen molar-refractivity contribution in [1.82, 2.24) is 0 Å². The van der Waals surface area contributed by atoms with E-state index in [4.69, 9.17) is 10.00 Å². The van der Waals surface area contributed by atoms with Crippen LogP contribution in [0.4, 0.5) is 5.69 Å². The molecule has 0 N–H and O–H groups in total. The number of rotatable bonds is 7. The molecule has 0 aliphatic heterocycles. The Labute approximate surface area is 120 Å². The van der Waals surface area contributed by atoms with Crippen molar-refractivity contribution in [2.45, 2.75) is 13.0 Å². The SMILES string of the molecule is C=CC(=O)C(OCC)C(=O)c1ccc(C#N)cc1[N+](=O)[O-]. The summed E-state index contributed by atoms with van der Waals surface area (Å²) in [6.45, 7) is 4.94. The number of hydrogen-bond acceptors (Lipinski definition) is 6. The number of nitrogens with zero attached hydrogens (tertiary/aromatic N) is 2. The van der Waals surface area contributed by atoms with E-state index in [1.165, 1.54) is 6.07 Å². The number of benzene rings is 1. The van der Waals surface area contributed by atoms with Crippen molar-refractivity contribution in [1.29, 1.82) is 5.26 Å². The Morgan fingerprint density at radius 3 is 2.71 bits per heavy atom. The van der Waals surface area contributed by atoms with Gasteiger partial charge in [-0.2, -0.15) is 5.26 Å². The minimum Gasteiger partial charge on any atom is -0.362 e. The highest BCUT2D eigenvalue weighted by Gasteiger charge is 2.31. The van der Waals surface area contributed by atoms with Crippen LogP contribution in [0.25, 0.3) is 0 Å². The van der Waals surface area contributed by atoms with E-state index in [0.29, 0.717) is 0 Å². The number of ether oxygens (including phenoxy) is 1. The summed E-state index contributed by atoms with van der Waals surface area (Å²) in [5.74, 6) is -1.52. The lowest BCUT2D eigenvalue weighted by molar-refractivity contribution is -0.385. The normalized spacial score (nSPS) is 11.2. The van der Waals surface area contributed by atoms with Gasteiger partial charge in [0, 0.05) is 12.7 Å². The third kappa shape index (κ3) is 3.58. The van der Waals surface area contributed by atoms with Crippen LogP contribution < -0.4 is 0 Å². The van der Waals surface area contributed by atoms with Crippen LogP contribution in [0, 0.1) is 21.4 Å². The first-order valence-electron chi connectivity index (χ1n) is 5.96. The van der Waals surface area contributed by atoms with Gasteiger partial charge < -0.3 is 4.74 Å². The highest BCUT2D eigenvalue weighted by Crippen LogP contribution is 2.22. The first kappa shape index (κ1) is 16.2. The molecule has 0 radical (unpaired) electrons. The lowest BCUT2D eigenvalue weighted by atomic mass is 10.00. The molecule has 0 heterocycles. The Bertz CT molecular complexity index is 645. The molecule has 0 aromatic heterocycles.